The van der Waals surface area contributed by atoms with Gasteiger partial charge < -0.3 is 10.1 Å². The van der Waals surface area contributed by atoms with Crippen LogP contribution in [0.2, 0.25) is 0 Å². The smallest absolute Gasteiger partial charge is 0.0537 e. The molecule has 0 aromatic heterocycles. The van der Waals surface area contributed by atoms with E-state index in [4.69, 9.17) is 4.74 Å². The fraction of sp³-hybridized carbons (Fsp3) is 1.00. The summed E-state index contributed by atoms with van der Waals surface area (Å²) in [6, 6.07) is 0. The van der Waals surface area contributed by atoms with Gasteiger partial charge in [0.05, 0.1) is 6.61 Å². The molecular formula is C9H17NO. The summed E-state index contributed by atoms with van der Waals surface area (Å²) in [6.45, 7) is 6.70. The van der Waals surface area contributed by atoms with Crippen LogP contribution in [-0.4, -0.2) is 26.3 Å². The van der Waals surface area contributed by atoms with Crippen molar-refractivity contribution >= 4 is 0 Å². The second-order valence-electron chi connectivity index (χ2n) is 4.03. The third-order valence-electron chi connectivity index (χ3n) is 3.41. The molecule has 2 aliphatic rings. The van der Waals surface area contributed by atoms with Crippen LogP contribution in [0.5, 0.6) is 0 Å². The second kappa shape index (κ2) is 2.76. The first-order valence-corrected chi connectivity index (χ1v) is 4.62. The highest BCUT2D eigenvalue weighted by atomic mass is 16.5. The van der Waals surface area contributed by atoms with Crippen LogP contribution in [0.1, 0.15) is 19.8 Å². The number of rotatable bonds is 0. The van der Waals surface area contributed by atoms with Gasteiger partial charge in [-0.15, -0.1) is 0 Å². The van der Waals surface area contributed by atoms with Crippen LogP contribution in [0.15, 0.2) is 0 Å². The first kappa shape index (κ1) is 7.56. The van der Waals surface area contributed by atoms with E-state index < -0.39 is 0 Å². The fourth-order valence-electron chi connectivity index (χ4n) is 2.29. The topological polar surface area (TPSA) is 21.3 Å². The number of hydrogen-bond donors (Lipinski definition) is 1. The maximum atomic E-state index is 5.54. The molecule has 1 unspecified atom stereocenters. The molecule has 0 aromatic rings. The SMILES string of the molecule is C[C@@H]1CCOCC12CCNC2. The molecule has 0 radical (unpaired) electrons. The Labute approximate surface area is 68.3 Å². The summed E-state index contributed by atoms with van der Waals surface area (Å²) >= 11 is 0. The predicted octanol–water partition coefficient (Wildman–Crippen LogP) is 1.02. The van der Waals surface area contributed by atoms with Crippen LogP contribution in [0.3, 0.4) is 0 Å². The predicted molar refractivity (Wildman–Crippen MR) is 44.5 cm³/mol. The number of ether oxygens (including phenoxy) is 1. The highest BCUT2D eigenvalue weighted by Crippen LogP contribution is 2.39. The molecule has 2 atom stereocenters. The quantitative estimate of drug-likeness (QED) is 0.564. The Morgan fingerprint density at radius 3 is 3.09 bits per heavy atom. The Balaban J connectivity index is 2.07. The lowest BCUT2D eigenvalue weighted by molar-refractivity contribution is -0.0344. The molecule has 64 valence electrons. The molecule has 0 saturated carbocycles. The Hall–Kier alpha value is -0.0800. The van der Waals surface area contributed by atoms with E-state index in [2.05, 4.69) is 12.2 Å². The van der Waals surface area contributed by atoms with Crippen molar-refractivity contribution in [3.63, 3.8) is 0 Å². The van der Waals surface area contributed by atoms with Gasteiger partial charge in [-0.3, -0.25) is 0 Å². The van der Waals surface area contributed by atoms with Crippen LogP contribution < -0.4 is 5.32 Å². The van der Waals surface area contributed by atoms with E-state index in [1.54, 1.807) is 0 Å². The average molecular weight is 155 g/mol. The highest BCUT2D eigenvalue weighted by Gasteiger charge is 2.41. The van der Waals surface area contributed by atoms with Crippen molar-refractivity contribution in [1.29, 1.82) is 0 Å². The Bertz CT molecular complexity index is 140. The summed E-state index contributed by atoms with van der Waals surface area (Å²) in [5, 5.41) is 3.43. The maximum absolute atomic E-state index is 5.54. The summed E-state index contributed by atoms with van der Waals surface area (Å²) < 4.78 is 5.54. The second-order valence-corrected chi connectivity index (χ2v) is 4.03. The zero-order chi connectivity index (χ0) is 7.73. The van der Waals surface area contributed by atoms with Gasteiger partial charge in [-0.05, 0) is 25.3 Å². The molecule has 0 bridgehead atoms. The van der Waals surface area contributed by atoms with Crippen molar-refractivity contribution in [2.24, 2.45) is 11.3 Å². The largest absolute Gasteiger partial charge is 0.381 e. The van der Waals surface area contributed by atoms with Crippen molar-refractivity contribution < 1.29 is 4.74 Å². The van der Waals surface area contributed by atoms with E-state index in [1.165, 1.54) is 25.9 Å². The van der Waals surface area contributed by atoms with Gasteiger partial charge in [-0.25, -0.2) is 0 Å². The van der Waals surface area contributed by atoms with Crippen LogP contribution in [-0.2, 0) is 4.74 Å². The fourth-order valence-corrected chi connectivity index (χ4v) is 2.29. The Morgan fingerprint density at radius 1 is 1.55 bits per heavy atom. The first-order valence-electron chi connectivity index (χ1n) is 4.62. The summed E-state index contributed by atoms with van der Waals surface area (Å²) in [5.41, 5.74) is 0.498. The van der Waals surface area contributed by atoms with Crippen LogP contribution in [0.4, 0.5) is 0 Å². The molecule has 0 aromatic carbocycles. The van der Waals surface area contributed by atoms with E-state index >= 15 is 0 Å². The van der Waals surface area contributed by atoms with E-state index in [0.29, 0.717) is 5.41 Å². The molecule has 1 spiro atoms. The van der Waals surface area contributed by atoms with E-state index in [-0.39, 0.29) is 0 Å². The average Bonchev–Trinajstić information content (AvgIpc) is 2.46. The minimum Gasteiger partial charge on any atom is -0.381 e. The third kappa shape index (κ3) is 1.18. The van der Waals surface area contributed by atoms with Crippen molar-refractivity contribution in [1.82, 2.24) is 5.32 Å². The third-order valence-corrected chi connectivity index (χ3v) is 3.41. The van der Waals surface area contributed by atoms with Gasteiger partial charge >= 0.3 is 0 Å². The van der Waals surface area contributed by atoms with E-state index in [0.717, 1.165) is 19.1 Å². The zero-order valence-electron chi connectivity index (χ0n) is 7.23. The van der Waals surface area contributed by atoms with Crippen molar-refractivity contribution in [2.45, 2.75) is 19.8 Å². The standard InChI is InChI=1S/C9H17NO/c1-8-2-5-11-7-9(8)3-4-10-6-9/h8,10H,2-7H2,1H3/t8-,9?/m1/s1. The van der Waals surface area contributed by atoms with Crippen molar-refractivity contribution in [3.05, 3.63) is 0 Å². The summed E-state index contributed by atoms with van der Waals surface area (Å²) in [5.74, 6) is 0.853. The molecular weight excluding hydrogens is 138 g/mol. The number of nitrogens with one attached hydrogen (secondary N) is 1. The molecule has 2 nitrogen and oxygen atoms in total. The molecule has 2 rings (SSSR count). The molecule has 2 heterocycles. The van der Waals surface area contributed by atoms with E-state index in [1.807, 2.05) is 0 Å². The number of hydrogen-bond acceptors (Lipinski definition) is 2. The van der Waals surface area contributed by atoms with E-state index in [9.17, 15) is 0 Å². The highest BCUT2D eigenvalue weighted by molar-refractivity contribution is 4.93. The van der Waals surface area contributed by atoms with Crippen LogP contribution >= 0.6 is 0 Å². The molecule has 2 saturated heterocycles. The van der Waals surface area contributed by atoms with Crippen LogP contribution in [0.25, 0.3) is 0 Å². The normalized spacial score (nSPS) is 45.0. The lowest BCUT2D eigenvalue weighted by Gasteiger charge is -2.38. The Kier molecular flexibility index (Phi) is 1.90. The van der Waals surface area contributed by atoms with Gasteiger partial charge in [0, 0.05) is 18.6 Å². The monoisotopic (exact) mass is 155 g/mol. The molecule has 2 fully saturated rings. The molecule has 0 aliphatic carbocycles. The van der Waals surface area contributed by atoms with Crippen molar-refractivity contribution in [2.75, 3.05) is 26.3 Å². The molecule has 11 heavy (non-hydrogen) atoms. The maximum Gasteiger partial charge on any atom is 0.0537 e. The Morgan fingerprint density at radius 2 is 2.45 bits per heavy atom. The molecule has 2 heteroatoms. The van der Waals surface area contributed by atoms with Gasteiger partial charge in [0.25, 0.3) is 0 Å². The lowest BCUT2D eigenvalue weighted by atomic mass is 9.73. The van der Waals surface area contributed by atoms with Crippen LogP contribution in [0, 0.1) is 11.3 Å². The summed E-state index contributed by atoms with van der Waals surface area (Å²) in [4.78, 5) is 0. The van der Waals surface area contributed by atoms with Gasteiger partial charge in [-0.1, -0.05) is 6.92 Å². The van der Waals surface area contributed by atoms with Crippen molar-refractivity contribution in [3.8, 4) is 0 Å². The minimum absolute atomic E-state index is 0.498. The minimum atomic E-state index is 0.498. The first-order chi connectivity index (χ1) is 5.33. The lowest BCUT2D eigenvalue weighted by Crippen LogP contribution is -2.40. The zero-order valence-corrected chi connectivity index (χ0v) is 7.23. The van der Waals surface area contributed by atoms with Gasteiger partial charge in [0.1, 0.15) is 0 Å². The summed E-state index contributed by atoms with van der Waals surface area (Å²) in [7, 11) is 0. The molecule has 1 N–H and O–H groups in total. The van der Waals surface area contributed by atoms with Gasteiger partial charge in [-0.2, -0.15) is 0 Å². The summed E-state index contributed by atoms with van der Waals surface area (Å²) in [6.07, 6.45) is 2.57. The molecule has 0 amide bonds. The van der Waals surface area contributed by atoms with Gasteiger partial charge in [0.15, 0.2) is 0 Å². The molecule has 2 aliphatic heterocycles. The van der Waals surface area contributed by atoms with Gasteiger partial charge in [0.2, 0.25) is 0 Å².